The highest BCUT2D eigenvalue weighted by Crippen LogP contribution is 2.07. The molecular weight excluding hydrogens is 266 g/mol. The number of carbonyl (C=O) groups is 1. The van der Waals surface area contributed by atoms with Gasteiger partial charge in [-0.15, -0.1) is 0 Å². The first kappa shape index (κ1) is 13.6. The van der Waals surface area contributed by atoms with Crippen LogP contribution in [-0.2, 0) is 24.9 Å². The van der Waals surface area contributed by atoms with Crippen molar-refractivity contribution in [2.75, 3.05) is 7.05 Å². The van der Waals surface area contributed by atoms with Crippen LogP contribution in [0.3, 0.4) is 0 Å². The van der Waals surface area contributed by atoms with Gasteiger partial charge in [0.05, 0.1) is 23.5 Å². The first-order valence-electron chi connectivity index (χ1n) is 5.95. The number of aryl methyl sites for hydroxylation is 2. The molecule has 0 radical (unpaired) electrons. The third-order valence-electron chi connectivity index (χ3n) is 2.90. The molecule has 2 heterocycles. The molecule has 0 N–H and O–H groups in total. The number of hydrogen-bond donors (Lipinski definition) is 0. The highest BCUT2D eigenvalue weighted by molar-refractivity contribution is 6.30. The predicted octanol–water partition coefficient (Wildman–Crippen LogP) is 1.32. The third-order valence-corrected chi connectivity index (χ3v) is 3.10. The van der Waals surface area contributed by atoms with E-state index in [-0.39, 0.29) is 5.91 Å². The maximum absolute atomic E-state index is 12.0. The number of aromatic nitrogens is 4. The van der Waals surface area contributed by atoms with Gasteiger partial charge in [0.1, 0.15) is 0 Å². The van der Waals surface area contributed by atoms with E-state index in [1.807, 2.05) is 13.1 Å². The summed E-state index contributed by atoms with van der Waals surface area (Å²) in [5, 5.41) is 8.69. The second-order valence-corrected chi connectivity index (χ2v) is 4.80. The van der Waals surface area contributed by atoms with Crippen LogP contribution in [0, 0.1) is 0 Å². The molecule has 2 aromatic heterocycles. The van der Waals surface area contributed by atoms with Crippen molar-refractivity contribution >= 4 is 17.5 Å². The normalized spacial score (nSPS) is 10.7. The lowest BCUT2D eigenvalue weighted by atomic mass is 10.3. The summed E-state index contributed by atoms with van der Waals surface area (Å²) in [7, 11) is 3.64. The Hall–Kier alpha value is -1.82. The van der Waals surface area contributed by atoms with Gasteiger partial charge in [0.2, 0.25) is 5.91 Å². The Balaban J connectivity index is 1.84. The Bertz CT molecular complexity index is 562. The van der Waals surface area contributed by atoms with Gasteiger partial charge >= 0.3 is 0 Å². The Morgan fingerprint density at radius 1 is 1.47 bits per heavy atom. The molecule has 0 aliphatic rings. The lowest BCUT2D eigenvalue weighted by molar-refractivity contribution is -0.130. The molecular formula is C12H16ClN5O. The minimum absolute atomic E-state index is 0.0628. The number of nitrogens with zero attached hydrogens (tertiary/aromatic N) is 5. The van der Waals surface area contributed by atoms with Gasteiger partial charge in [-0.1, -0.05) is 11.6 Å². The Kier molecular flexibility index (Phi) is 4.21. The predicted molar refractivity (Wildman–Crippen MR) is 71.5 cm³/mol. The van der Waals surface area contributed by atoms with Gasteiger partial charge in [-0.2, -0.15) is 10.2 Å². The fraction of sp³-hybridized carbons (Fsp3) is 0.417. The van der Waals surface area contributed by atoms with Crippen LogP contribution >= 0.6 is 11.6 Å². The quantitative estimate of drug-likeness (QED) is 0.830. The van der Waals surface area contributed by atoms with Gasteiger partial charge in [0, 0.05) is 39.5 Å². The van der Waals surface area contributed by atoms with E-state index in [1.165, 1.54) is 0 Å². The highest BCUT2D eigenvalue weighted by atomic mass is 35.5. The molecule has 0 atom stereocenters. The van der Waals surface area contributed by atoms with E-state index >= 15 is 0 Å². The third kappa shape index (κ3) is 3.57. The molecule has 0 fully saturated rings. The van der Waals surface area contributed by atoms with Crippen LogP contribution < -0.4 is 0 Å². The monoisotopic (exact) mass is 281 g/mol. The number of carbonyl (C=O) groups excluding carboxylic acids is 1. The van der Waals surface area contributed by atoms with Crippen molar-refractivity contribution in [1.29, 1.82) is 0 Å². The van der Waals surface area contributed by atoms with Crippen LogP contribution in [0.5, 0.6) is 0 Å². The molecule has 0 aliphatic carbocycles. The van der Waals surface area contributed by atoms with E-state index < -0.39 is 0 Å². The summed E-state index contributed by atoms with van der Waals surface area (Å²) in [6.45, 7) is 1.08. The second kappa shape index (κ2) is 5.88. The van der Waals surface area contributed by atoms with Crippen molar-refractivity contribution < 1.29 is 4.79 Å². The van der Waals surface area contributed by atoms with Crippen LogP contribution in [0.25, 0.3) is 0 Å². The van der Waals surface area contributed by atoms with Crippen molar-refractivity contribution in [2.24, 2.45) is 7.05 Å². The van der Waals surface area contributed by atoms with E-state index in [2.05, 4.69) is 10.2 Å². The summed E-state index contributed by atoms with van der Waals surface area (Å²) in [5.74, 6) is 0.0628. The molecule has 0 unspecified atom stereocenters. The van der Waals surface area contributed by atoms with E-state index in [9.17, 15) is 4.79 Å². The van der Waals surface area contributed by atoms with E-state index in [1.54, 1.807) is 39.9 Å². The van der Waals surface area contributed by atoms with Gasteiger partial charge < -0.3 is 4.90 Å². The summed E-state index contributed by atoms with van der Waals surface area (Å²) in [6.07, 6.45) is 5.38. The summed E-state index contributed by atoms with van der Waals surface area (Å²) >= 11 is 5.76. The average Bonchev–Trinajstić information content (AvgIpc) is 2.96. The molecule has 102 valence electrons. The van der Waals surface area contributed by atoms with Gasteiger partial charge in [0.25, 0.3) is 0 Å². The summed E-state index contributed by atoms with van der Waals surface area (Å²) in [6, 6.07) is 1.90. The molecule has 0 aromatic carbocycles. The van der Waals surface area contributed by atoms with Crippen LogP contribution in [0.1, 0.15) is 12.1 Å². The lowest BCUT2D eigenvalue weighted by Crippen LogP contribution is -2.28. The van der Waals surface area contributed by atoms with Crippen molar-refractivity contribution in [2.45, 2.75) is 19.5 Å². The van der Waals surface area contributed by atoms with Gasteiger partial charge in [-0.05, 0) is 6.07 Å². The maximum Gasteiger partial charge on any atom is 0.224 e. The highest BCUT2D eigenvalue weighted by Gasteiger charge is 2.11. The Morgan fingerprint density at radius 3 is 2.84 bits per heavy atom. The molecule has 2 aromatic rings. The van der Waals surface area contributed by atoms with E-state index in [4.69, 9.17) is 11.6 Å². The van der Waals surface area contributed by atoms with Crippen molar-refractivity contribution in [3.8, 4) is 0 Å². The summed E-state index contributed by atoms with van der Waals surface area (Å²) in [4.78, 5) is 13.7. The number of amides is 1. The maximum atomic E-state index is 12.0. The van der Waals surface area contributed by atoms with Gasteiger partial charge in [-0.3, -0.25) is 14.2 Å². The summed E-state index contributed by atoms with van der Waals surface area (Å²) < 4.78 is 3.43. The molecule has 0 bridgehead atoms. The van der Waals surface area contributed by atoms with Crippen LogP contribution in [0.2, 0.25) is 5.02 Å². The topological polar surface area (TPSA) is 56.0 Å². The Labute approximate surface area is 116 Å². The number of rotatable bonds is 5. The van der Waals surface area contributed by atoms with Gasteiger partial charge in [-0.25, -0.2) is 0 Å². The van der Waals surface area contributed by atoms with Crippen molar-refractivity contribution in [3.63, 3.8) is 0 Å². The van der Waals surface area contributed by atoms with Crippen molar-refractivity contribution in [1.82, 2.24) is 24.5 Å². The first-order valence-corrected chi connectivity index (χ1v) is 6.33. The Morgan fingerprint density at radius 2 is 2.26 bits per heavy atom. The lowest BCUT2D eigenvalue weighted by Gasteiger charge is -2.17. The minimum Gasteiger partial charge on any atom is -0.340 e. The zero-order valence-corrected chi connectivity index (χ0v) is 11.7. The molecule has 19 heavy (non-hydrogen) atoms. The molecule has 1 amide bonds. The van der Waals surface area contributed by atoms with E-state index in [0.717, 1.165) is 5.69 Å². The molecule has 0 saturated carbocycles. The smallest absolute Gasteiger partial charge is 0.224 e. The van der Waals surface area contributed by atoms with Crippen LogP contribution in [0.15, 0.2) is 24.7 Å². The zero-order valence-electron chi connectivity index (χ0n) is 11.0. The fourth-order valence-electron chi connectivity index (χ4n) is 1.75. The molecule has 0 spiro atoms. The van der Waals surface area contributed by atoms with Crippen molar-refractivity contribution in [3.05, 3.63) is 35.4 Å². The number of halogens is 1. The SMILES string of the molecule is CN(Cc1ccnn1C)C(=O)CCn1cc(Cl)cn1. The minimum atomic E-state index is 0.0628. The first-order chi connectivity index (χ1) is 9.06. The second-order valence-electron chi connectivity index (χ2n) is 4.37. The molecule has 7 heteroatoms. The fourth-order valence-corrected chi connectivity index (χ4v) is 1.91. The van der Waals surface area contributed by atoms with Gasteiger partial charge in [0.15, 0.2) is 0 Å². The molecule has 6 nitrogen and oxygen atoms in total. The molecule has 2 rings (SSSR count). The number of hydrogen-bond acceptors (Lipinski definition) is 3. The summed E-state index contributed by atoms with van der Waals surface area (Å²) in [5.41, 5.74) is 0.998. The largest absolute Gasteiger partial charge is 0.340 e. The molecule has 0 aliphatic heterocycles. The average molecular weight is 282 g/mol. The van der Waals surface area contributed by atoms with E-state index in [0.29, 0.717) is 24.5 Å². The zero-order chi connectivity index (χ0) is 13.8. The standard InChI is InChI=1S/C12H16ClN5O/c1-16(9-11-3-5-14-17(11)2)12(19)4-6-18-8-10(13)7-15-18/h3,5,7-8H,4,6,9H2,1-2H3. The van der Waals surface area contributed by atoms with Crippen LogP contribution in [-0.4, -0.2) is 37.4 Å². The molecule has 0 saturated heterocycles. The van der Waals surface area contributed by atoms with Crippen LogP contribution in [0.4, 0.5) is 0 Å².